The first-order chi connectivity index (χ1) is 37.6. The number of aromatic nitrogens is 2. The zero-order valence-corrected chi connectivity index (χ0v) is 42.0. The second kappa shape index (κ2) is 15.4. The predicted molar refractivity (Wildman–Crippen MR) is 322 cm³/mol. The van der Waals surface area contributed by atoms with E-state index in [2.05, 4.69) is 232 Å². The van der Waals surface area contributed by atoms with Gasteiger partial charge >= 0.3 is 0 Å². The van der Waals surface area contributed by atoms with Crippen LogP contribution >= 0.6 is 22.7 Å². The van der Waals surface area contributed by atoms with Crippen LogP contribution in [0.5, 0.6) is 0 Å². The molecule has 0 N–H and O–H groups in total. The largest absolute Gasteiger partial charge is 0.320 e. The van der Waals surface area contributed by atoms with Crippen molar-refractivity contribution in [2.45, 2.75) is 0 Å². The van der Waals surface area contributed by atoms with E-state index in [1.165, 1.54) is 40.3 Å². The number of thiophene rings is 2. The summed E-state index contributed by atoms with van der Waals surface area (Å²) in [6.45, 7) is 9.35. The van der Waals surface area contributed by atoms with Crippen LogP contribution in [0, 0.1) is 17.9 Å². The molecule has 17 rings (SSSR count). The first-order valence-corrected chi connectivity index (χ1v) is 27.2. The molecule has 76 heavy (non-hydrogen) atoms. The molecule has 5 nitrogen and oxygen atoms in total. The zero-order valence-electron chi connectivity index (χ0n) is 40.4. The first kappa shape index (κ1) is 41.7. The molecule has 4 aromatic heterocycles. The average molecular weight is 998 g/mol. The summed E-state index contributed by atoms with van der Waals surface area (Å²) in [6, 6.07) is 81.7. The quantitative estimate of drug-likeness (QED) is 0.130. The molecule has 2 aliphatic heterocycles. The van der Waals surface area contributed by atoms with E-state index < -0.39 is 0 Å². The summed E-state index contributed by atoms with van der Waals surface area (Å²) in [6.07, 6.45) is 0. The third kappa shape index (κ3) is 5.51. The Morgan fingerprint density at radius 1 is 0.421 bits per heavy atom. The van der Waals surface area contributed by atoms with Gasteiger partial charge in [0.25, 0.3) is 6.71 Å². The molecule has 0 unspecified atom stereocenters. The van der Waals surface area contributed by atoms with Crippen LogP contribution in [0.1, 0.15) is 5.56 Å². The maximum atomic E-state index is 12.3. The van der Waals surface area contributed by atoms with Crippen molar-refractivity contribution in [3.8, 4) is 39.7 Å². The van der Waals surface area contributed by atoms with Crippen LogP contribution in [0.2, 0.25) is 0 Å². The number of anilines is 3. The summed E-state index contributed by atoms with van der Waals surface area (Å²) in [5.41, 5.74) is 16.6. The summed E-state index contributed by atoms with van der Waals surface area (Å²) in [4.78, 5) is 7.01. The van der Waals surface area contributed by atoms with Gasteiger partial charge in [0.2, 0.25) is 5.69 Å². The minimum absolute atomic E-state index is 0.258. The zero-order chi connectivity index (χ0) is 49.9. The Bertz CT molecular complexity index is 5010. The Morgan fingerprint density at radius 2 is 0.947 bits per heavy atom. The highest BCUT2D eigenvalue weighted by molar-refractivity contribution is 7.26. The highest BCUT2D eigenvalue weighted by Gasteiger charge is 2.46. The van der Waals surface area contributed by atoms with E-state index in [0.29, 0.717) is 16.9 Å². The van der Waals surface area contributed by atoms with Gasteiger partial charge in [0.05, 0.1) is 45.7 Å². The number of fused-ring (bicyclic) bond motifs is 16. The lowest BCUT2D eigenvalue weighted by molar-refractivity contribution is 1.13. The molecular formula is C68H36BN5S2. The molecule has 0 fully saturated rings. The topological polar surface area (TPSA) is 41.2 Å². The first-order valence-electron chi connectivity index (χ1n) is 25.5. The van der Waals surface area contributed by atoms with Crippen LogP contribution in [0.4, 0.5) is 22.7 Å². The van der Waals surface area contributed by atoms with Crippen molar-refractivity contribution in [2.75, 3.05) is 4.90 Å². The van der Waals surface area contributed by atoms with Crippen LogP contribution in [-0.2, 0) is 0 Å². The van der Waals surface area contributed by atoms with Crippen molar-refractivity contribution in [2.24, 2.45) is 0 Å². The molecular weight excluding hydrogens is 962 g/mol. The summed E-state index contributed by atoms with van der Waals surface area (Å²) in [5, 5.41) is 21.6. The summed E-state index contributed by atoms with van der Waals surface area (Å²) in [5.74, 6) is 0. The lowest BCUT2D eigenvalue weighted by atomic mass is 9.33. The standard InChI is InChI=1S/C68H36BN5S2/c1-71-64-67(52(38-70)66-63-68(64)74-55-22-9-5-16-44(55)49-19-13-21-54(65(49)74)69(63)53-20-8-10-23-56(53)72(66)43-14-3-2-4-15-43)73-57-36-41(39-28-32-61-50(34-39)47-17-6-11-24-59(47)75-61)26-30-45(57)46-31-27-42(37-58(46)73)40-29-33-62-51(35-40)48-18-7-12-25-60(48)76-62/h2-37H. The second-order valence-electron chi connectivity index (χ2n) is 20.1. The van der Waals surface area contributed by atoms with Crippen molar-refractivity contribution >= 4 is 152 Å². The fourth-order valence-electron chi connectivity index (χ4n) is 13.2. The molecule has 0 aliphatic carbocycles. The minimum Gasteiger partial charge on any atom is -0.320 e. The number of rotatable bonds is 4. The SMILES string of the molecule is [C-]#[N+]c1c(-n2c3cc(-c4ccc5sc6ccccc6c5c4)ccc3c3ccc(-c4ccc5sc6ccccc6c5c4)cc32)c(C#N)c2c3c1-n1c4ccccc4c4cccc(c41)B3c1ccccc1N2c1ccccc1. The molecule has 0 atom stereocenters. The van der Waals surface area contributed by atoms with Crippen LogP contribution in [0.3, 0.4) is 0 Å². The van der Waals surface area contributed by atoms with E-state index in [9.17, 15) is 11.8 Å². The Morgan fingerprint density at radius 3 is 1.61 bits per heavy atom. The molecule has 2 aliphatic rings. The molecule has 348 valence electrons. The van der Waals surface area contributed by atoms with E-state index in [1.807, 2.05) is 28.7 Å². The normalized spacial score (nSPS) is 12.7. The van der Waals surface area contributed by atoms with Gasteiger partial charge in [-0.2, -0.15) is 5.26 Å². The number of hydrogen-bond donors (Lipinski definition) is 0. The number of hydrogen-bond acceptors (Lipinski definition) is 4. The molecule has 0 bridgehead atoms. The molecule has 6 heterocycles. The summed E-state index contributed by atoms with van der Waals surface area (Å²) >= 11 is 3.64. The van der Waals surface area contributed by atoms with Crippen LogP contribution in [0.25, 0.3) is 122 Å². The Hall–Kier alpha value is -9.70. The van der Waals surface area contributed by atoms with Crippen molar-refractivity contribution in [3.05, 3.63) is 235 Å². The van der Waals surface area contributed by atoms with Crippen molar-refractivity contribution in [1.29, 1.82) is 5.26 Å². The molecule has 0 saturated carbocycles. The van der Waals surface area contributed by atoms with Gasteiger partial charge in [-0.15, -0.1) is 22.7 Å². The highest BCUT2D eigenvalue weighted by atomic mass is 32.1. The van der Waals surface area contributed by atoms with Crippen LogP contribution in [0.15, 0.2) is 218 Å². The van der Waals surface area contributed by atoms with Crippen molar-refractivity contribution in [1.82, 2.24) is 9.13 Å². The fraction of sp³-hybridized carbons (Fsp3) is 0. The summed E-state index contributed by atoms with van der Waals surface area (Å²) < 4.78 is 9.67. The van der Waals surface area contributed by atoms with E-state index >= 15 is 0 Å². The van der Waals surface area contributed by atoms with Gasteiger partial charge in [0.15, 0.2) is 0 Å². The second-order valence-corrected chi connectivity index (χ2v) is 22.3. The number of para-hydroxylation sites is 4. The number of nitriles is 1. The van der Waals surface area contributed by atoms with Crippen LogP contribution in [-0.4, -0.2) is 15.8 Å². The van der Waals surface area contributed by atoms with Gasteiger partial charge in [-0.1, -0.05) is 146 Å². The average Bonchev–Trinajstić information content (AvgIpc) is 4.35. The van der Waals surface area contributed by atoms with Gasteiger partial charge < -0.3 is 14.0 Å². The molecule has 0 amide bonds. The third-order valence-corrected chi connectivity index (χ3v) is 18.6. The van der Waals surface area contributed by atoms with E-state index in [-0.39, 0.29) is 6.71 Å². The molecule has 0 saturated heterocycles. The maximum absolute atomic E-state index is 12.3. The molecule has 0 spiro atoms. The highest BCUT2D eigenvalue weighted by Crippen LogP contribution is 2.51. The number of nitrogens with zero attached hydrogens (tertiary/aromatic N) is 5. The minimum atomic E-state index is -0.258. The van der Waals surface area contributed by atoms with Crippen LogP contribution < -0.4 is 21.3 Å². The predicted octanol–water partition coefficient (Wildman–Crippen LogP) is 17.0. The van der Waals surface area contributed by atoms with Gasteiger partial charge in [0, 0.05) is 78.8 Å². The number of benzene rings is 11. The van der Waals surface area contributed by atoms with Gasteiger partial charge in [-0.25, -0.2) is 4.85 Å². The van der Waals surface area contributed by atoms with Gasteiger partial charge in [-0.3, -0.25) is 0 Å². The third-order valence-electron chi connectivity index (χ3n) is 16.3. The van der Waals surface area contributed by atoms with E-state index in [0.717, 1.165) is 105 Å². The smallest absolute Gasteiger partial charge is 0.250 e. The van der Waals surface area contributed by atoms with Crippen molar-refractivity contribution in [3.63, 3.8) is 0 Å². The monoisotopic (exact) mass is 997 g/mol. The molecule has 0 radical (unpaired) electrons. The van der Waals surface area contributed by atoms with E-state index in [1.54, 1.807) is 0 Å². The Kier molecular flexibility index (Phi) is 8.47. The lowest BCUT2D eigenvalue weighted by Crippen LogP contribution is -2.60. The van der Waals surface area contributed by atoms with Gasteiger partial charge in [-0.05, 0) is 111 Å². The lowest BCUT2D eigenvalue weighted by Gasteiger charge is -2.42. The maximum Gasteiger partial charge on any atom is 0.250 e. The van der Waals surface area contributed by atoms with Crippen molar-refractivity contribution < 1.29 is 0 Å². The summed E-state index contributed by atoms with van der Waals surface area (Å²) in [7, 11) is 0. The Balaban J connectivity index is 1.04. The fourth-order valence-corrected chi connectivity index (χ4v) is 15.4. The Labute approximate surface area is 444 Å². The van der Waals surface area contributed by atoms with E-state index in [4.69, 9.17) is 4.85 Å². The molecule has 8 heteroatoms. The van der Waals surface area contributed by atoms with Gasteiger partial charge in [0.1, 0.15) is 6.07 Å². The molecule has 11 aromatic carbocycles. The molecule has 15 aromatic rings.